The molecule has 0 aliphatic heterocycles. The van der Waals surface area contributed by atoms with Crippen LogP contribution in [0.2, 0.25) is 5.02 Å². The number of rotatable bonds is 7. The van der Waals surface area contributed by atoms with Gasteiger partial charge in [-0.1, -0.05) is 35.9 Å². The quantitative estimate of drug-likeness (QED) is 0.507. The summed E-state index contributed by atoms with van der Waals surface area (Å²) in [6.45, 7) is 0. The number of carbonyl (C=O) groups is 1. The second-order valence-electron chi connectivity index (χ2n) is 5.48. The summed E-state index contributed by atoms with van der Waals surface area (Å²) < 4.78 is 0.975. The Bertz CT molecular complexity index is 768. The van der Waals surface area contributed by atoms with Crippen molar-refractivity contribution in [1.29, 1.82) is 0 Å². The van der Waals surface area contributed by atoms with Gasteiger partial charge in [0.15, 0.2) is 0 Å². The number of hydrogen-bond donors (Lipinski definition) is 1. The molecule has 0 aliphatic rings. The fraction of sp³-hybridized carbons (Fsp3) is 0.222. The maximum absolute atomic E-state index is 11.8. The van der Waals surface area contributed by atoms with Gasteiger partial charge in [-0.05, 0) is 45.3 Å². The van der Waals surface area contributed by atoms with Crippen LogP contribution in [0.3, 0.4) is 0 Å². The normalized spacial score (nSPS) is 10.9. The molecule has 2 rings (SSSR count). The molecular formula is C18H19BrClN3OS. The van der Waals surface area contributed by atoms with Crippen molar-refractivity contribution < 1.29 is 4.79 Å². The van der Waals surface area contributed by atoms with Gasteiger partial charge in [0.1, 0.15) is 0 Å². The molecule has 1 amide bonds. The van der Waals surface area contributed by atoms with Crippen molar-refractivity contribution in [2.24, 2.45) is 5.10 Å². The fourth-order valence-electron chi connectivity index (χ4n) is 2.05. The standard InChI is InChI=1S/C18H19BrClN3OS/c1-23(2)17-8-7-13(9-15(17)19)10-21-22-18(24)12-25-11-14-5-3-4-6-16(14)20/h3-10H,11-12H2,1-2H3,(H,22,24)/b21-10+. The third-order valence-corrected chi connectivity index (χ3v) is 5.29. The second-order valence-corrected chi connectivity index (χ2v) is 7.73. The van der Waals surface area contributed by atoms with Crippen LogP contribution in [-0.2, 0) is 10.5 Å². The number of benzene rings is 2. The number of halogens is 2. The van der Waals surface area contributed by atoms with Gasteiger partial charge in [0.05, 0.1) is 17.7 Å². The predicted molar refractivity (Wildman–Crippen MR) is 112 cm³/mol. The molecule has 25 heavy (non-hydrogen) atoms. The summed E-state index contributed by atoms with van der Waals surface area (Å²) in [6, 6.07) is 13.5. The SMILES string of the molecule is CN(C)c1ccc(/C=N/NC(=O)CSCc2ccccc2Cl)cc1Br. The highest BCUT2D eigenvalue weighted by atomic mass is 79.9. The van der Waals surface area contributed by atoms with Gasteiger partial charge in [-0.25, -0.2) is 5.43 Å². The molecule has 0 spiro atoms. The van der Waals surface area contributed by atoms with Gasteiger partial charge in [0.2, 0.25) is 5.91 Å². The van der Waals surface area contributed by atoms with Gasteiger partial charge in [0.25, 0.3) is 0 Å². The lowest BCUT2D eigenvalue weighted by Gasteiger charge is -2.14. The minimum Gasteiger partial charge on any atom is -0.377 e. The number of thioether (sulfide) groups is 1. The third-order valence-electron chi connectivity index (χ3n) is 3.30. The van der Waals surface area contributed by atoms with E-state index in [0.717, 1.165) is 26.3 Å². The molecule has 0 radical (unpaired) electrons. The van der Waals surface area contributed by atoms with E-state index in [4.69, 9.17) is 11.6 Å². The van der Waals surface area contributed by atoms with E-state index in [1.54, 1.807) is 6.21 Å². The lowest BCUT2D eigenvalue weighted by atomic mass is 10.2. The van der Waals surface area contributed by atoms with Crippen LogP contribution in [0.25, 0.3) is 0 Å². The molecular weight excluding hydrogens is 422 g/mol. The lowest BCUT2D eigenvalue weighted by Crippen LogP contribution is -2.19. The van der Waals surface area contributed by atoms with E-state index in [0.29, 0.717) is 11.5 Å². The summed E-state index contributed by atoms with van der Waals surface area (Å²) in [4.78, 5) is 13.8. The summed E-state index contributed by atoms with van der Waals surface area (Å²) in [7, 11) is 3.96. The molecule has 0 unspecified atom stereocenters. The Balaban J connectivity index is 1.79. The molecule has 2 aromatic carbocycles. The smallest absolute Gasteiger partial charge is 0.250 e. The molecule has 2 aromatic rings. The first-order valence-electron chi connectivity index (χ1n) is 7.57. The van der Waals surface area contributed by atoms with E-state index < -0.39 is 0 Å². The number of hydrazone groups is 1. The van der Waals surface area contributed by atoms with Crippen LogP contribution < -0.4 is 10.3 Å². The first kappa shape index (κ1) is 19.8. The topological polar surface area (TPSA) is 44.7 Å². The molecule has 0 aliphatic carbocycles. The molecule has 4 nitrogen and oxygen atoms in total. The molecule has 0 saturated heterocycles. The number of nitrogens with zero attached hydrogens (tertiary/aromatic N) is 2. The zero-order chi connectivity index (χ0) is 18.2. The number of hydrogen-bond acceptors (Lipinski definition) is 4. The minimum absolute atomic E-state index is 0.141. The average Bonchev–Trinajstić information content (AvgIpc) is 2.56. The maximum atomic E-state index is 11.8. The Morgan fingerprint density at radius 3 is 2.76 bits per heavy atom. The average molecular weight is 441 g/mol. The van der Waals surface area contributed by atoms with Crippen LogP contribution in [0, 0.1) is 0 Å². The molecule has 0 bridgehead atoms. The van der Waals surface area contributed by atoms with Crippen molar-refractivity contribution in [3.8, 4) is 0 Å². The van der Waals surface area contributed by atoms with Crippen LogP contribution >= 0.6 is 39.3 Å². The highest BCUT2D eigenvalue weighted by molar-refractivity contribution is 9.10. The van der Waals surface area contributed by atoms with Gasteiger partial charge < -0.3 is 4.90 Å². The van der Waals surface area contributed by atoms with E-state index in [1.807, 2.05) is 61.5 Å². The molecule has 132 valence electrons. The molecule has 0 fully saturated rings. The van der Waals surface area contributed by atoms with Crippen molar-refractivity contribution in [2.45, 2.75) is 5.75 Å². The first-order chi connectivity index (χ1) is 12.0. The number of amides is 1. The van der Waals surface area contributed by atoms with Crippen molar-refractivity contribution >= 4 is 57.1 Å². The van der Waals surface area contributed by atoms with Gasteiger partial charge in [-0.2, -0.15) is 5.10 Å². The van der Waals surface area contributed by atoms with Crippen molar-refractivity contribution in [3.05, 3.63) is 63.1 Å². The van der Waals surface area contributed by atoms with Crippen molar-refractivity contribution in [2.75, 3.05) is 24.7 Å². The number of anilines is 1. The fourth-order valence-corrected chi connectivity index (χ4v) is 3.90. The first-order valence-corrected chi connectivity index (χ1v) is 9.90. The second kappa shape index (κ2) is 9.85. The van der Waals surface area contributed by atoms with Crippen LogP contribution in [0.5, 0.6) is 0 Å². The Morgan fingerprint density at radius 1 is 1.32 bits per heavy atom. The Hall–Kier alpha value is -1.50. The highest BCUT2D eigenvalue weighted by Gasteiger charge is 2.04. The molecule has 0 aromatic heterocycles. The van der Waals surface area contributed by atoms with E-state index in [9.17, 15) is 4.79 Å². The maximum Gasteiger partial charge on any atom is 0.250 e. The largest absolute Gasteiger partial charge is 0.377 e. The van der Waals surface area contributed by atoms with E-state index >= 15 is 0 Å². The molecule has 0 heterocycles. The van der Waals surface area contributed by atoms with E-state index in [1.165, 1.54) is 11.8 Å². The number of carbonyl (C=O) groups excluding carboxylic acids is 1. The van der Waals surface area contributed by atoms with E-state index in [2.05, 4.69) is 26.5 Å². The molecule has 0 atom stereocenters. The zero-order valence-corrected chi connectivity index (χ0v) is 17.2. The summed E-state index contributed by atoms with van der Waals surface area (Å²) in [5.74, 6) is 0.874. The Morgan fingerprint density at radius 2 is 2.08 bits per heavy atom. The molecule has 1 N–H and O–H groups in total. The van der Waals surface area contributed by atoms with Crippen LogP contribution in [0.1, 0.15) is 11.1 Å². The van der Waals surface area contributed by atoms with Crippen molar-refractivity contribution in [1.82, 2.24) is 5.43 Å². The molecule has 0 saturated carbocycles. The van der Waals surface area contributed by atoms with Gasteiger partial charge in [-0.3, -0.25) is 4.79 Å². The predicted octanol–water partition coefficient (Wildman–Crippen LogP) is 4.55. The van der Waals surface area contributed by atoms with Crippen LogP contribution in [0.4, 0.5) is 5.69 Å². The van der Waals surface area contributed by atoms with Gasteiger partial charge in [-0.15, -0.1) is 11.8 Å². The Kier molecular flexibility index (Phi) is 7.81. The molecule has 7 heteroatoms. The summed E-state index contributed by atoms with van der Waals surface area (Å²) in [6.07, 6.45) is 1.63. The minimum atomic E-state index is -0.141. The lowest BCUT2D eigenvalue weighted by molar-refractivity contribution is -0.118. The summed E-state index contributed by atoms with van der Waals surface area (Å²) >= 11 is 11.1. The Labute approximate surface area is 165 Å². The number of nitrogens with one attached hydrogen (secondary N) is 1. The van der Waals surface area contributed by atoms with Crippen molar-refractivity contribution in [3.63, 3.8) is 0 Å². The highest BCUT2D eigenvalue weighted by Crippen LogP contribution is 2.25. The zero-order valence-electron chi connectivity index (χ0n) is 14.0. The van der Waals surface area contributed by atoms with Crippen LogP contribution in [-0.4, -0.2) is 32.0 Å². The van der Waals surface area contributed by atoms with E-state index in [-0.39, 0.29) is 5.91 Å². The summed E-state index contributed by atoms with van der Waals surface area (Å²) in [5.41, 5.74) is 5.55. The monoisotopic (exact) mass is 439 g/mol. The third kappa shape index (κ3) is 6.38. The van der Waals surface area contributed by atoms with Gasteiger partial charge in [0, 0.05) is 29.3 Å². The van der Waals surface area contributed by atoms with Gasteiger partial charge >= 0.3 is 0 Å². The van der Waals surface area contributed by atoms with Crippen LogP contribution in [0.15, 0.2) is 52.0 Å². The summed E-state index contributed by atoms with van der Waals surface area (Å²) in [5, 5.41) is 4.72.